The molecule has 0 aliphatic carbocycles. The van der Waals surface area contributed by atoms with Crippen molar-refractivity contribution in [2.45, 2.75) is 19.5 Å². The number of nitrogens with zero attached hydrogens (tertiary/aromatic N) is 3. The zero-order chi connectivity index (χ0) is 19.1. The molecule has 5 nitrogen and oxygen atoms in total. The molecule has 0 saturated carbocycles. The summed E-state index contributed by atoms with van der Waals surface area (Å²) < 4.78 is 15.5. The first-order valence-electron chi connectivity index (χ1n) is 8.62. The van der Waals surface area contributed by atoms with Crippen molar-refractivity contribution in [1.29, 1.82) is 0 Å². The molecule has 0 bridgehead atoms. The minimum atomic E-state index is -0.316. The summed E-state index contributed by atoms with van der Waals surface area (Å²) in [6.45, 7) is 1.59. The predicted octanol–water partition coefficient (Wildman–Crippen LogP) is 4.80. The van der Waals surface area contributed by atoms with Gasteiger partial charge in [-0.25, -0.2) is 14.2 Å². The molecule has 3 aromatic rings. The van der Waals surface area contributed by atoms with E-state index in [1.54, 1.807) is 47.8 Å². The highest BCUT2D eigenvalue weighted by Crippen LogP contribution is 2.15. The molecule has 1 heterocycles. The minimum Gasteiger partial charge on any atom is -0.337 e. The van der Waals surface area contributed by atoms with Crippen molar-refractivity contribution in [3.63, 3.8) is 0 Å². The highest BCUT2D eigenvalue weighted by atomic mass is 35.5. The standard InChI is InChI=1S/C20H20ClFN4O/c21-17-5-7-19(8-6-17)24-20(27)26(11-2-10-25-12-9-23-15-25)14-16-3-1-4-18(22)13-16/h1,3-9,12-13,15H,2,10-11,14H2,(H,24,27). The number of imidazole rings is 1. The van der Waals surface area contributed by atoms with Crippen LogP contribution in [0.3, 0.4) is 0 Å². The molecular formula is C20H20ClFN4O. The lowest BCUT2D eigenvalue weighted by Crippen LogP contribution is -2.35. The van der Waals surface area contributed by atoms with E-state index in [1.165, 1.54) is 12.1 Å². The molecule has 0 atom stereocenters. The SMILES string of the molecule is O=C(Nc1ccc(Cl)cc1)N(CCCn1ccnc1)Cc1cccc(F)c1. The fraction of sp³-hybridized carbons (Fsp3) is 0.200. The van der Waals surface area contributed by atoms with E-state index in [1.807, 2.05) is 16.8 Å². The van der Waals surface area contributed by atoms with Crippen LogP contribution >= 0.6 is 11.6 Å². The lowest BCUT2D eigenvalue weighted by Gasteiger charge is -2.23. The lowest BCUT2D eigenvalue weighted by molar-refractivity contribution is 0.207. The molecule has 0 unspecified atom stereocenters. The molecule has 0 spiro atoms. The van der Waals surface area contributed by atoms with Crippen LogP contribution in [-0.2, 0) is 13.1 Å². The molecule has 2 amide bonds. The predicted molar refractivity (Wildman–Crippen MR) is 104 cm³/mol. The van der Waals surface area contributed by atoms with Crippen LogP contribution in [-0.4, -0.2) is 27.0 Å². The molecule has 0 radical (unpaired) electrons. The van der Waals surface area contributed by atoms with Gasteiger partial charge in [0.1, 0.15) is 5.82 Å². The molecule has 1 aromatic heterocycles. The Morgan fingerprint density at radius 2 is 2.04 bits per heavy atom. The molecule has 27 heavy (non-hydrogen) atoms. The maximum absolute atomic E-state index is 13.5. The van der Waals surface area contributed by atoms with E-state index in [4.69, 9.17) is 11.6 Å². The first-order chi connectivity index (χ1) is 13.1. The van der Waals surface area contributed by atoms with Gasteiger partial charge in [0, 0.05) is 42.7 Å². The molecular weight excluding hydrogens is 367 g/mol. The number of halogens is 2. The Labute approximate surface area is 162 Å². The Bertz CT molecular complexity index is 868. The number of benzene rings is 2. The van der Waals surface area contributed by atoms with Gasteiger partial charge in [0.05, 0.1) is 6.33 Å². The number of rotatable bonds is 7. The summed E-state index contributed by atoms with van der Waals surface area (Å²) in [4.78, 5) is 18.4. The van der Waals surface area contributed by atoms with Crippen LogP contribution < -0.4 is 5.32 Å². The number of urea groups is 1. The number of hydrogen-bond acceptors (Lipinski definition) is 2. The average Bonchev–Trinajstić information content (AvgIpc) is 3.16. The summed E-state index contributed by atoms with van der Waals surface area (Å²) in [5.74, 6) is -0.316. The first-order valence-corrected chi connectivity index (χ1v) is 8.99. The third kappa shape index (κ3) is 5.82. The fourth-order valence-electron chi connectivity index (χ4n) is 2.71. The van der Waals surface area contributed by atoms with Gasteiger partial charge < -0.3 is 14.8 Å². The zero-order valence-electron chi connectivity index (χ0n) is 14.7. The molecule has 0 fully saturated rings. The van der Waals surface area contributed by atoms with Crippen molar-refractivity contribution in [2.75, 3.05) is 11.9 Å². The van der Waals surface area contributed by atoms with Crippen molar-refractivity contribution in [3.8, 4) is 0 Å². The van der Waals surface area contributed by atoms with Gasteiger partial charge in [-0.15, -0.1) is 0 Å². The van der Waals surface area contributed by atoms with E-state index in [2.05, 4.69) is 10.3 Å². The van der Waals surface area contributed by atoms with Crippen LogP contribution in [0.1, 0.15) is 12.0 Å². The van der Waals surface area contributed by atoms with Gasteiger partial charge in [-0.1, -0.05) is 23.7 Å². The molecule has 0 aliphatic heterocycles. The molecule has 0 saturated heterocycles. The summed E-state index contributed by atoms with van der Waals surface area (Å²) >= 11 is 5.88. The summed E-state index contributed by atoms with van der Waals surface area (Å²) in [5, 5.41) is 3.47. The van der Waals surface area contributed by atoms with Crippen LogP contribution in [0.15, 0.2) is 67.3 Å². The van der Waals surface area contributed by atoms with Gasteiger partial charge in [0.15, 0.2) is 0 Å². The third-order valence-electron chi connectivity index (χ3n) is 4.05. The first kappa shape index (κ1) is 18.9. The van der Waals surface area contributed by atoms with E-state index < -0.39 is 0 Å². The summed E-state index contributed by atoms with van der Waals surface area (Å²) in [6.07, 6.45) is 6.09. The van der Waals surface area contributed by atoms with Gasteiger partial charge in [-0.2, -0.15) is 0 Å². The highest BCUT2D eigenvalue weighted by Gasteiger charge is 2.14. The van der Waals surface area contributed by atoms with E-state index in [9.17, 15) is 9.18 Å². The number of amides is 2. The number of nitrogens with one attached hydrogen (secondary N) is 1. The molecule has 3 rings (SSSR count). The Morgan fingerprint density at radius 1 is 1.22 bits per heavy atom. The largest absolute Gasteiger partial charge is 0.337 e. The van der Waals surface area contributed by atoms with Crippen LogP contribution in [0.4, 0.5) is 14.9 Å². The molecule has 7 heteroatoms. The second-order valence-electron chi connectivity index (χ2n) is 6.14. The minimum absolute atomic E-state index is 0.243. The van der Waals surface area contributed by atoms with Crippen molar-refractivity contribution >= 4 is 23.3 Å². The van der Waals surface area contributed by atoms with Crippen molar-refractivity contribution < 1.29 is 9.18 Å². The number of aromatic nitrogens is 2. The molecule has 2 aromatic carbocycles. The monoisotopic (exact) mass is 386 g/mol. The van der Waals surface area contributed by atoms with Crippen LogP contribution in [0.2, 0.25) is 5.02 Å². The second-order valence-corrected chi connectivity index (χ2v) is 6.58. The van der Waals surface area contributed by atoms with E-state index in [0.717, 1.165) is 18.5 Å². The van der Waals surface area contributed by atoms with Gasteiger partial charge in [0.2, 0.25) is 0 Å². The van der Waals surface area contributed by atoms with Crippen LogP contribution in [0.5, 0.6) is 0 Å². The number of carbonyl (C=O) groups is 1. The maximum atomic E-state index is 13.5. The normalized spacial score (nSPS) is 10.6. The highest BCUT2D eigenvalue weighted by molar-refractivity contribution is 6.30. The Kier molecular flexibility index (Phi) is 6.44. The number of anilines is 1. The summed E-state index contributed by atoms with van der Waals surface area (Å²) in [5.41, 5.74) is 1.40. The number of hydrogen-bond donors (Lipinski definition) is 1. The van der Waals surface area contributed by atoms with Crippen LogP contribution in [0.25, 0.3) is 0 Å². The fourth-order valence-corrected chi connectivity index (χ4v) is 2.83. The van der Waals surface area contributed by atoms with Gasteiger partial charge in [-0.3, -0.25) is 0 Å². The Balaban J connectivity index is 1.66. The Morgan fingerprint density at radius 3 is 2.74 bits per heavy atom. The van der Waals surface area contributed by atoms with Gasteiger partial charge >= 0.3 is 6.03 Å². The van der Waals surface area contributed by atoms with Crippen molar-refractivity contribution in [1.82, 2.24) is 14.5 Å². The van der Waals surface area contributed by atoms with Crippen molar-refractivity contribution in [2.24, 2.45) is 0 Å². The molecule has 1 N–H and O–H groups in total. The lowest BCUT2D eigenvalue weighted by atomic mass is 10.2. The zero-order valence-corrected chi connectivity index (χ0v) is 15.4. The van der Waals surface area contributed by atoms with E-state index in [0.29, 0.717) is 23.8 Å². The summed E-state index contributed by atoms with van der Waals surface area (Å²) in [6, 6.07) is 13.0. The van der Waals surface area contributed by atoms with Gasteiger partial charge in [-0.05, 0) is 48.4 Å². The quantitative estimate of drug-likeness (QED) is 0.634. The summed E-state index contributed by atoms with van der Waals surface area (Å²) in [7, 11) is 0. The third-order valence-corrected chi connectivity index (χ3v) is 4.30. The molecule has 140 valence electrons. The van der Waals surface area contributed by atoms with E-state index >= 15 is 0 Å². The molecule has 0 aliphatic rings. The average molecular weight is 387 g/mol. The smallest absolute Gasteiger partial charge is 0.322 e. The topological polar surface area (TPSA) is 50.2 Å². The number of aryl methyl sites for hydroxylation is 1. The van der Waals surface area contributed by atoms with Crippen molar-refractivity contribution in [3.05, 3.63) is 83.7 Å². The van der Waals surface area contributed by atoms with Gasteiger partial charge in [0.25, 0.3) is 0 Å². The van der Waals surface area contributed by atoms with E-state index in [-0.39, 0.29) is 11.8 Å². The van der Waals surface area contributed by atoms with Crippen LogP contribution in [0, 0.1) is 5.82 Å². The Hall–Kier alpha value is -2.86. The second kappa shape index (κ2) is 9.19. The number of carbonyl (C=O) groups excluding carboxylic acids is 1. The maximum Gasteiger partial charge on any atom is 0.322 e.